The third kappa shape index (κ3) is 3.54. The van der Waals surface area contributed by atoms with Crippen molar-refractivity contribution in [3.63, 3.8) is 0 Å². The van der Waals surface area contributed by atoms with Gasteiger partial charge in [0, 0.05) is 23.3 Å². The fraction of sp³-hybridized carbons (Fsp3) is 0.200. The fourth-order valence-electron chi connectivity index (χ4n) is 2.87. The Bertz CT molecular complexity index is 1140. The number of nitrogens with zero attached hydrogens (tertiary/aromatic N) is 4. The van der Waals surface area contributed by atoms with Crippen LogP contribution in [0.3, 0.4) is 0 Å². The maximum absolute atomic E-state index is 9.23. The highest BCUT2D eigenvalue weighted by Gasteiger charge is 2.14. The molecule has 1 aromatic carbocycles. The molecule has 0 aliphatic carbocycles. The van der Waals surface area contributed by atoms with E-state index in [0.717, 1.165) is 22.2 Å². The van der Waals surface area contributed by atoms with E-state index in [-0.39, 0.29) is 12.7 Å². The minimum Gasteiger partial charge on any atom is -0.491 e. The molecule has 0 spiro atoms. The molecule has 3 heterocycles. The van der Waals surface area contributed by atoms with Gasteiger partial charge in [-0.05, 0) is 44.2 Å². The van der Waals surface area contributed by atoms with Crippen LogP contribution < -0.4 is 4.74 Å². The van der Waals surface area contributed by atoms with Gasteiger partial charge >= 0.3 is 0 Å². The summed E-state index contributed by atoms with van der Waals surface area (Å²) in [4.78, 5) is 13.2. The summed E-state index contributed by atoms with van der Waals surface area (Å²) in [6.45, 7) is 3.75. The summed E-state index contributed by atoms with van der Waals surface area (Å²) in [7, 11) is 0. The zero-order valence-electron chi connectivity index (χ0n) is 15.3. The molecule has 3 aromatic heterocycles. The number of aromatic nitrogens is 5. The number of rotatable bonds is 5. The number of nitrogens with one attached hydrogen (secondary N) is 1. The Morgan fingerprint density at radius 3 is 2.79 bits per heavy atom. The Labute approximate surface area is 166 Å². The SMILES string of the molecule is CC(C)Oc1ccc2[nH]nc(-c3nccc(-c4cnc(CO)c(Cl)c4)n3)c2c1. The molecule has 0 saturated carbocycles. The predicted molar refractivity (Wildman–Crippen MR) is 107 cm³/mol. The van der Waals surface area contributed by atoms with Crippen molar-refractivity contribution < 1.29 is 9.84 Å². The van der Waals surface area contributed by atoms with Crippen molar-refractivity contribution in [1.29, 1.82) is 0 Å². The van der Waals surface area contributed by atoms with Crippen LogP contribution >= 0.6 is 11.6 Å². The van der Waals surface area contributed by atoms with E-state index in [1.807, 2.05) is 32.0 Å². The number of ether oxygens (including phenoxy) is 1. The van der Waals surface area contributed by atoms with E-state index >= 15 is 0 Å². The third-order valence-corrected chi connectivity index (χ3v) is 4.46. The molecule has 4 aromatic rings. The summed E-state index contributed by atoms with van der Waals surface area (Å²) >= 11 is 6.16. The standard InChI is InChI=1S/C20H18ClN5O2/c1-11(2)28-13-3-4-17-14(8-13)19(26-25-17)20-22-6-5-16(24-20)12-7-15(21)18(10-27)23-9-12/h3-9,11,27H,10H2,1-2H3,(H,25,26). The van der Waals surface area contributed by atoms with Crippen LogP contribution in [0.5, 0.6) is 5.75 Å². The van der Waals surface area contributed by atoms with Crippen LogP contribution in [0.25, 0.3) is 33.7 Å². The molecule has 0 aliphatic rings. The smallest absolute Gasteiger partial charge is 0.181 e. The first kappa shape index (κ1) is 18.3. The molecular formula is C20H18ClN5O2. The Kier molecular flexibility index (Phi) is 4.93. The molecule has 0 radical (unpaired) electrons. The van der Waals surface area contributed by atoms with E-state index in [0.29, 0.717) is 27.9 Å². The van der Waals surface area contributed by atoms with Gasteiger partial charge in [-0.2, -0.15) is 5.10 Å². The minimum atomic E-state index is -0.214. The highest BCUT2D eigenvalue weighted by Crippen LogP contribution is 2.29. The first-order valence-corrected chi connectivity index (χ1v) is 9.17. The van der Waals surface area contributed by atoms with E-state index < -0.39 is 0 Å². The van der Waals surface area contributed by atoms with Gasteiger partial charge in [0.05, 0.1) is 34.6 Å². The maximum atomic E-state index is 9.23. The Morgan fingerprint density at radius 1 is 1.18 bits per heavy atom. The molecule has 0 unspecified atom stereocenters. The van der Waals surface area contributed by atoms with Gasteiger partial charge in [-0.1, -0.05) is 11.6 Å². The number of hydrogen-bond acceptors (Lipinski definition) is 6. The van der Waals surface area contributed by atoms with E-state index in [4.69, 9.17) is 16.3 Å². The summed E-state index contributed by atoms with van der Waals surface area (Å²) in [6, 6.07) is 9.25. The summed E-state index contributed by atoms with van der Waals surface area (Å²) in [5.74, 6) is 1.24. The van der Waals surface area contributed by atoms with Gasteiger partial charge in [-0.3, -0.25) is 10.1 Å². The van der Waals surface area contributed by atoms with E-state index in [9.17, 15) is 5.11 Å². The molecule has 4 rings (SSSR count). The normalized spacial score (nSPS) is 11.3. The minimum absolute atomic E-state index is 0.0755. The Balaban J connectivity index is 1.76. The van der Waals surface area contributed by atoms with Crippen LogP contribution in [-0.2, 0) is 6.61 Å². The van der Waals surface area contributed by atoms with Crippen molar-refractivity contribution in [2.75, 3.05) is 0 Å². The molecule has 142 valence electrons. The molecule has 0 bridgehead atoms. The van der Waals surface area contributed by atoms with Crippen LogP contribution in [0.15, 0.2) is 42.7 Å². The predicted octanol–water partition coefficient (Wildman–Crippen LogP) is 4.01. The number of halogens is 1. The first-order valence-electron chi connectivity index (χ1n) is 8.79. The van der Waals surface area contributed by atoms with Crippen LogP contribution in [0.2, 0.25) is 5.02 Å². The second kappa shape index (κ2) is 7.53. The lowest BCUT2D eigenvalue weighted by molar-refractivity contribution is 0.243. The number of aliphatic hydroxyl groups is 1. The number of aliphatic hydroxyl groups excluding tert-OH is 1. The number of fused-ring (bicyclic) bond motifs is 1. The molecule has 0 atom stereocenters. The average Bonchev–Trinajstić information content (AvgIpc) is 3.11. The molecular weight excluding hydrogens is 378 g/mol. The molecule has 2 N–H and O–H groups in total. The van der Waals surface area contributed by atoms with Crippen molar-refractivity contribution in [3.05, 3.63) is 53.4 Å². The number of hydrogen-bond donors (Lipinski definition) is 2. The number of aromatic amines is 1. The maximum Gasteiger partial charge on any atom is 0.181 e. The zero-order chi connectivity index (χ0) is 19.7. The molecule has 0 aliphatic heterocycles. The van der Waals surface area contributed by atoms with Crippen LogP contribution in [-0.4, -0.2) is 36.4 Å². The van der Waals surface area contributed by atoms with Crippen molar-refractivity contribution in [3.8, 4) is 28.5 Å². The Hall–Kier alpha value is -3.03. The number of pyridine rings is 1. The summed E-state index contributed by atoms with van der Waals surface area (Å²) in [6.07, 6.45) is 3.37. The van der Waals surface area contributed by atoms with Crippen molar-refractivity contribution in [2.45, 2.75) is 26.6 Å². The number of benzene rings is 1. The zero-order valence-corrected chi connectivity index (χ0v) is 16.1. The molecule has 7 nitrogen and oxygen atoms in total. The molecule has 0 fully saturated rings. The van der Waals surface area contributed by atoms with Gasteiger partial charge in [0.1, 0.15) is 11.4 Å². The topological polar surface area (TPSA) is 96.8 Å². The van der Waals surface area contributed by atoms with Crippen molar-refractivity contribution in [2.24, 2.45) is 0 Å². The Morgan fingerprint density at radius 2 is 2.04 bits per heavy atom. The molecule has 0 saturated heterocycles. The van der Waals surface area contributed by atoms with E-state index in [1.165, 1.54) is 0 Å². The summed E-state index contributed by atoms with van der Waals surface area (Å²) in [5.41, 5.74) is 3.33. The first-order chi connectivity index (χ1) is 13.5. The summed E-state index contributed by atoms with van der Waals surface area (Å²) < 4.78 is 5.78. The highest BCUT2D eigenvalue weighted by atomic mass is 35.5. The average molecular weight is 396 g/mol. The second-order valence-electron chi connectivity index (χ2n) is 6.52. The fourth-order valence-corrected chi connectivity index (χ4v) is 3.09. The molecule has 0 amide bonds. The van der Waals surface area contributed by atoms with Gasteiger partial charge in [0.15, 0.2) is 5.82 Å². The van der Waals surface area contributed by atoms with Crippen LogP contribution in [0.1, 0.15) is 19.5 Å². The van der Waals surface area contributed by atoms with E-state index in [1.54, 1.807) is 24.5 Å². The lowest BCUT2D eigenvalue weighted by Gasteiger charge is -2.09. The van der Waals surface area contributed by atoms with Crippen molar-refractivity contribution in [1.82, 2.24) is 25.1 Å². The van der Waals surface area contributed by atoms with Crippen molar-refractivity contribution >= 4 is 22.5 Å². The van der Waals surface area contributed by atoms with Gasteiger partial charge in [-0.25, -0.2) is 9.97 Å². The number of H-pyrrole nitrogens is 1. The summed E-state index contributed by atoms with van der Waals surface area (Å²) in [5, 5.41) is 17.9. The quantitative estimate of drug-likeness (QED) is 0.529. The molecule has 8 heteroatoms. The highest BCUT2D eigenvalue weighted by molar-refractivity contribution is 6.31. The van der Waals surface area contributed by atoms with Gasteiger partial charge in [0.25, 0.3) is 0 Å². The lowest BCUT2D eigenvalue weighted by atomic mass is 10.1. The van der Waals surface area contributed by atoms with Crippen LogP contribution in [0.4, 0.5) is 0 Å². The van der Waals surface area contributed by atoms with Gasteiger partial charge in [-0.15, -0.1) is 0 Å². The monoisotopic (exact) mass is 395 g/mol. The van der Waals surface area contributed by atoms with Gasteiger partial charge < -0.3 is 9.84 Å². The third-order valence-electron chi connectivity index (χ3n) is 4.14. The largest absolute Gasteiger partial charge is 0.491 e. The second-order valence-corrected chi connectivity index (χ2v) is 6.93. The molecule has 28 heavy (non-hydrogen) atoms. The van der Waals surface area contributed by atoms with Gasteiger partial charge in [0.2, 0.25) is 0 Å². The van der Waals surface area contributed by atoms with Crippen LogP contribution in [0, 0.1) is 0 Å². The lowest BCUT2D eigenvalue weighted by Crippen LogP contribution is -2.05. The van der Waals surface area contributed by atoms with E-state index in [2.05, 4.69) is 25.1 Å².